The molecule has 114 valence electrons. The average molecular weight is 300 g/mol. The van der Waals surface area contributed by atoms with E-state index in [9.17, 15) is 18.0 Å². The lowest BCUT2D eigenvalue weighted by Crippen LogP contribution is -2.57. The van der Waals surface area contributed by atoms with Gasteiger partial charge in [0.2, 0.25) is 5.54 Å². The summed E-state index contributed by atoms with van der Waals surface area (Å²) >= 11 is 0. The molecule has 7 heteroatoms. The molecule has 3 N–H and O–H groups in total. The molecule has 21 heavy (non-hydrogen) atoms. The van der Waals surface area contributed by atoms with Gasteiger partial charge in [-0.15, -0.1) is 0 Å². The van der Waals surface area contributed by atoms with E-state index in [0.717, 1.165) is 11.8 Å². The van der Waals surface area contributed by atoms with Crippen LogP contribution < -0.4 is 5.73 Å². The third-order valence-electron chi connectivity index (χ3n) is 3.31. The van der Waals surface area contributed by atoms with Gasteiger partial charge in [0.1, 0.15) is 0 Å². The molecule has 0 radical (unpaired) electrons. The molecule has 1 unspecified atom stereocenters. The summed E-state index contributed by atoms with van der Waals surface area (Å²) in [5.74, 6) is -1.51. The maximum absolute atomic E-state index is 13.4. The van der Waals surface area contributed by atoms with Crippen LogP contribution >= 0.6 is 0 Å². The fourth-order valence-electron chi connectivity index (χ4n) is 2.18. The van der Waals surface area contributed by atoms with Gasteiger partial charge in [-0.3, -0.25) is 0 Å². The van der Waals surface area contributed by atoms with Crippen LogP contribution in [-0.4, -0.2) is 23.7 Å². The van der Waals surface area contributed by atoms with Gasteiger partial charge < -0.3 is 15.5 Å². The predicted molar refractivity (Wildman–Crippen MR) is 71.6 cm³/mol. The van der Waals surface area contributed by atoms with Crippen LogP contribution in [0.4, 0.5) is 13.2 Å². The van der Waals surface area contributed by atoms with Gasteiger partial charge in [0.25, 0.3) is 0 Å². The van der Waals surface area contributed by atoms with Gasteiger partial charge in [0, 0.05) is 22.7 Å². The molecule has 0 aliphatic heterocycles. The summed E-state index contributed by atoms with van der Waals surface area (Å²) in [7, 11) is 0. The number of aromatic nitrogens is 1. The smallest absolute Gasteiger partial charge is 0.421 e. The first-order valence-electron chi connectivity index (χ1n) is 6.33. The zero-order chi connectivity index (χ0) is 15.8. The topological polar surface area (TPSA) is 68.1 Å². The van der Waals surface area contributed by atoms with E-state index in [-0.39, 0.29) is 17.6 Å². The minimum atomic E-state index is -4.97. The Morgan fingerprint density at radius 3 is 2.62 bits per heavy atom. The Bertz CT molecular complexity index is 678. The lowest BCUT2D eigenvalue weighted by Gasteiger charge is -2.29. The maximum atomic E-state index is 13.4. The van der Waals surface area contributed by atoms with Crippen molar-refractivity contribution < 1.29 is 22.7 Å². The zero-order valence-corrected chi connectivity index (χ0v) is 11.5. The van der Waals surface area contributed by atoms with Gasteiger partial charge in [-0.25, -0.2) is 4.79 Å². The van der Waals surface area contributed by atoms with Crippen molar-refractivity contribution in [2.75, 3.05) is 6.61 Å². The maximum Gasteiger partial charge on any atom is 0.421 e. The number of alkyl halides is 3. The normalized spacial score (nSPS) is 15.0. The van der Waals surface area contributed by atoms with E-state index in [2.05, 4.69) is 9.72 Å². The van der Waals surface area contributed by atoms with Gasteiger partial charge in [-0.1, -0.05) is 11.6 Å². The fraction of sp³-hybridized carbons (Fsp3) is 0.357. The molecule has 0 saturated carbocycles. The minimum absolute atomic E-state index is 0.185. The van der Waals surface area contributed by atoms with Gasteiger partial charge in [0.05, 0.1) is 6.61 Å². The van der Waals surface area contributed by atoms with E-state index in [4.69, 9.17) is 5.73 Å². The monoisotopic (exact) mass is 300 g/mol. The van der Waals surface area contributed by atoms with Gasteiger partial charge in [0.15, 0.2) is 0 Å². The number of rotatable bonds is 3. The molecule has 1 heterocycles. The van der Waals surface area contributed by atoms with Gasteiger partial charge >= 0.3 is 12.1 Å². The molecular weight excluding hydrogens is 285 g/mol. The summed E-state index contributed by atoms with van der Waals surface area (Å²) in [4.78, 5) is 14.6. The van der Waals surface area contributed by atoms with E-state index >= 15 is 0 Å². The second-order valence-electron chi connectivity index (χ2n) is 4.78. The number of carbonyl (C=O) groups excluding carboxylic acids is 1. The van der Waals surface area contributed by atoms with Crippen LogP contribution in [0, 0.1) is 6.92 Å². The van der Waals surface area contributed by atoms with Crippen LogP contribution in [0.25, 0.3) is 10.9 Å². The van der Waals surface area contributed by atoms with E-state index in [1.807, 2.05) is 0 Å². The van der Waals surface area contributed by atoms with Crippen LogP contribution in [-0.2, 0) is 15.1 Å². The first-order chi connectivity index (χ1) is 9.71. The van der Waals surface area contributed by atoms with Gasteiger partial charge in [-0.2, -0.15) is 13.2 Å². The van der Waals surface area contributed by atoms with Crippen molar-refractivity contribution in [2.45, 2.75) is 25.6 Å². The molecule has 0 saturated heterocycles. The third kappa shape index (κ3) is 2.37. The summed E-state index contributed by atoms with van der Waals surface area (Å²) in [6.07, 6.45) is -3.87. The SMILES string of the molecule is CCOC(=O)C(N)(c1c[nH]c2ccc(C)cc12)C(F)(F)F. The van der Waals surface area contributed by atoms with Crippen molar-refractivity contribution in [1.82, 2.24) is 4.98 Å². The average Bonchev–Trinajstić information content (AvgIpc) is 2.79. The molecule has 2 rings (SSSR count). The molecule has 1 atom stereocenters. The molecule has 0 aliphatic rings. The highest BCUT2D eigenvalue weighted by Crippen LogP contribution is 2.41. The van der Waals surface area contributed by atoms with Crippen molar-refractivity contribution in [3.05, 3.63) is 35.5 Å². The second-order valence-corrected chi connectivity index (χ2v) is 4.78. The Morgan fingerprint density at radius 1 is 1.38 bits per heavy atom. The molecule has 0 amide bonds. The quantitative estimate of drug-likeness (QED) is 0.856. The number of fused-ring (bicyclic) bond motifs is 1. The number of aromatic amines is 1. The Balaban J connectivity index is 2.70. The first-order valence-corrected chi connectivity index (χ1v) is 6.33. The number of ether oxygens (including phenoxy) is 1. The lowest BCUT2D eigenvalue weighted by atomic mass is 9.89. The van der Waals surface area contributed by atoms with Crippen molar-refractivity contribution in [3.63, 3.8) is 0 Å². The number of halogens is 3. The second kappa shape index (κ2) is 5.07. The third-order valence-corrected chi connectivity index (χ3v) is 3.31. The molecule has 2 aromatic rings. The molecule has 4 nitrogen and oxygen atoms in total. The Labute approximate surface area is 119 Å². The molecule has 0 bridgehead atoms. The number of hydrogen-bond donors (Lipinski definition) is 2. The number of carbonyl (C=O) groups is 1. The molecule has 1 aromatic carbocycles. The number of hydrogen-bond acceptors (Lipinski definition) is 3. The van der Waals surface area contributed by atoms with E-state index in [1.165, 1.54) is 6.92 Å². The number of aryl methyl sites for hydroxylation is 1. The van der Waals surface area contributed by atoms with Crippen molar-refractivity contribution in [1.29, 1.82) is 0 Å². The number of nitrogens with two attached hydrogens (primary N) is 1. The van der Waals surface area contributed by atoms with Gasteiger partial charge in [-0.05, 0) is 26.0 Å². The number of benzene rings is 1. The molecule has 0 spiro atoms. The van der Waals surface area contributed by atoms with Crippen LogP contribution in [0.1, 0.15) is 18.1 Å². The standard InChI is InChI=1S/C14H15F3N2O2/c1-3-21-12(20)13(18,14(15,16)17)10-7-19-11-5-4-8(2)6-9(10)11/h4-7,19H,3,18H2,1-2H3. The molecule has 0 aliphatic carbocycles. The largest absolute Gasteiger partial charge is 0.464 e. The zero-order valence-electron chi connectivity index (χ0n) is 11.5. The van der Waals surface area contributed by atoms with Crippen LogP contribution in [0.2, 0.25) is 0 Å². The highest BCUT2D eigenvalue weighted by Gasteiger charge is 2.61. The predicted octanol–water partition coefficient (Wildman–Crippen LogP) is 2.76. The summed E-state index contributed by atoms with van der Waals surface area (Å²) in [6, 6.07) is 4.93. The summed E-state index contributed by atoms with van der Waals surface area (Å²) in [6.45, 7) is 2.98. The fourth-order valence-corrected chi connectivity index (χ4v) is 2.18. The van der Waals surface area contributed by atoms with Crippen LogP contribution in [0.3, 0.4) is 0 Å². The Morgan fingerprint density at radius 2 is 2.05 bits per heavy atom. The lowest BCUT2D eigenvalue weighted by molar-refractivity contribution is -0.208. The van der Waals surface area contributed by atoms with Crippen LogP contribution in [0.15, 0.2) is 24.4 Å². The highest BCUT2D eigenvalue weighted by molar-refractivity contribution is 5.93. The Hall–Kier alpha value is -2.02. The van der Waals surface area contributed by atoms with E-state index in [1.54, 1.807) is 25.1 Å². The number of nitrogens with one attached hydrogen (secondary N) is 1. The number of esters is 1. The first kappa shape index (κ1) is 15.4. The van der Waals surface area contributed by atoms with Crippen molar-refractivity contribution in [3.8, 4) is 0 Å². The van der Waals surface area contributed by atoms with Crippen molar-refractivity contribution in [2.24, 2.45) is 5.73 Å². The molecular formula is C14H15F3N2O2. The molecule has 0 fully saturated rings. The summed E-state index contributed by atoms with van der Waals surface area (Å²) in [5, 5.41) is 0.253. The highest BCUT2D eigenvalue weighted by atomic mass is 19.4. The molecule has 1 aromatic heterocycles. The van der Waals surface area contributed by atoms with E-state index < -0.39 is 17.7 Å². The number of H-pyrrole nitrogens is 1. The van der Waals surface area contributed by atoms with Crippen molar-refractivity contribution >= 4 is 16.9 Å². The summed E-state index contributed by atoms with van der Waals surface area (Å²) in [5.41, 5.74) is 3.16. The van der Waals surface area contributed by atoms with Crippen LogP contribution in [0.5, 0.6) is 0 Å². The minimum Gasteiger partial charge on any atom is -0.464 e. The van der Waals surface area contributed by atoms with E-state index in [0.29, 0.717) is 5.52 Å². The summed E-state index contributed by atoms with van der Waals surface area (Å²) < 4.78 is 44.8. The Kier molecular flexibility index (Phi) is 3.71.